The maximum absolute atomic E-state index is 4.35. The average molecular weight is 235 g/mol. The standard InChI is InChI=1S/C14H25N3/c1-6-7-17-10-11(9-16-17)8-15-12-13(2,3)14(12,4)5/h9-10,12,15H,6-8H2,1-5H3. The zero-order valence-electron chi connectivity index (χ0n) is 11.7. The van der Waals surface area contributed by atoms with Crippen molar-refractivity contribution in [2.75, 3.05) is 0 Å². The molecule has 0 amide bonds. The Kier molecular flexibility index (Phi) is 3.06. The van der Waals surface area contributed by atoms with Crippen LogP contribution in [0.3, 0.4) is 0 Å². The Labute approximate surface area is 105 Å². The molecule has 0 atom stereocenters. The van der Waals surface area contributed by atoms with Gasteiger partial charge < -0.3 is 5.32 Å². The normalized spacial score (nSPS) is 21.7. The lowest BCUT2D eigenvalue weighted by Crippen LogP contribution is -2.21. The number of aromatic nitrogens is 2. The van der Waals surface area contributed by atoms with Crippen molar-refractivity contribution >= 4 is 0 Å². The third-order valence-electron chi connectivity index (χ3n) is 4.67. The van der Waals surface area contributed by atoms with Gasteiger partial charge in [-0.15, -0.1) is 0 Å². The molecule has 1 fully saturated rings. The molecule has 0 saturated heterocycles. The van der Waals surface area contributed by atoms with Crippen LogP contribution in [-0.2, 0) is 13.1 Å². The molecule has 1 aliphatic carbocycles. The van der Waals surface area contributed by atoms with Crippen molar-refractivity contribution in [2.24, 2.45) is 10.8 Å². The third kappa shape index (κ3) is 2.13. The SMILES string of the molecule is CCCn1cc(CNC2C(C)(C)C2(C)C)cn1. The maximum atomic E-state index is 4.35. The Hall–Kier alpha value is -0.830. The molecule has 0 aromatic carbocycles. The lowest BCUT2D eigenvalue weighted by Gasteiger charge is -2.04. The van der Waals surface area contributed by atoms with Gasteiger partial charge in [-0.2, -0.15) is 5.10 Å². The minimum absolute atomic E-state index is 0.409. The summed E-state index contributed by atoms with van der Waals surface area (Å²) in [6.45, 7) is 13.5. The molecule has 0 aliphatic heterocycles. The van der Waals surface area contributed by atoms with E-state index in [4.69, 9.17) is 0 Å². The summed E-state index contributed by atoms with van der Waals surface area (Å²) < 4.78 is 2.03. The van der Waals surface area contributed by atoms with Crippen LogP contribution in [-0.4, -0.2) is 15.8 Å². The zero-order chi connectivity index (χ0) is 12.7. The van der Waals surface area contributed by atoms with E-state index in [1.54, 1.807) is 0 Å². The van der Waals surface area contributed by atoms with Crippen LogP contribution in [0.5, 0.6) is 0 Å². The minimum atomic E-state index is 0.409. The summed E-state index contributed by atoms with van der Waals surface area (Å²) >= 11 is 0. The summed E-state index contributed by atoms with van der Waals surface area (Å²) in [5, 5.41) is 8.01. The summed E-state index contributed by atoms with van der Waals surface area (Å²) in [5.74, 6) is 0. The van der Waals surface area contributed by atoms with E-state index in [9.17, 15) is 0 Å². The molecule has 1 N–H and O–H groups in total. The van der Waals surface area contributed by atoms with Crippen LogP contribution in [0, 0.1) is 10.8 Å². The number of hydrogen-bond acceptors (Lipinski definition) is 2. The average Bonchev–Trinajstić information content (AvgIpc) is 2.59. The van der Waals surface area contributed by atoms with Gasteiger partial charge in [0, 0.05) is 30.9 Å². The van der Waals surface area contributed by atoms with Crippen LogP contribution < -0.4 is 5.32 Å². The van der Waals surface area contributed by atoms with E-state index in [1.165, 1.54) is 5.56 Å². The first-order valence-corrected chi connectivity index (χ1v) is 6.64. The van der Waals surface area contributed by atoms with Gasteiger partial charge in [0.15, 0.2) is 0 Å². The Bertz CT molecular complexity index is 376. The van der Waals surface area contributed by atoms with Crippen LogP contribution >= 0.6 is 0 Å². The van der Waals surface area contributed by atoms with Crippen molar-refractivity contribution in [3.63, 3.8) is 0 Å². The highest BCUT2D eigenvalue weighted by molar-refractivity contribution is 5.18. The minimum Gasteiger partial charge on any atom is -0.309 e. The molecule has 1 aromatic rings. The predicted molar refractivity (Wildman–Crippen MR) is 70.7 cm³/mol. The number of nitrogens with zero attached hydrogens (tertiary/aromatic N) is 2. The molecule has 96 valence electrons. The van der Waals surface area contributed by atoms with Crippen molar-refractivity contribution < 1.29 is 0 Å². The Balaban J connectivity index is 1.87. The lowest BCUT2D eigenvalue weighted by molar-refractivity contribution is 0.457. The smallest absolute Gasteiger partial charge is 0.0534 e. The molecule has 1 saturated carbocycles. The van der Waals surface area contributed by atoms with E-state index in [0.717, 1.165) is 19.5 Å². The summed E-state index contributed by atoms with van der Waals surface area (Å²) in [6, 6.07) is 0.615. The van der Waals surface area contributed by atoms with Gasteiger partial charge >= 0.3 is 0 Å². The molecule has 0 spiro atoms. The molecular formula is C14H25N3. The van der Waals surface area contributed by atoms with Crippen LogP contribution in [0.2, 0.25) is 0 Å². The summed E-state index contributed by atoms with van der Waals surface area (Å²) in [7, 11) is 0. The molecule has 0 bridgehead atoms. The Morgan fingerprint density at radius 1 is 1.29 bits per heavy atom. The fourth-order valence-electron chi connectivity index (χ4n) is 2.78. The molecular weight excluding hydrogens is 210 g/mol. The molecule has 1 aromatic heterocycles. The van der Waals surface area contributed by atoms with Crippen LogP contribution in [0.1, 0.15) is 46.6 Å². The number of nitrogens with one attached hydrogen (secondary N) is 1. The highest BCUT2D eigenvalue weighted by atomic mass is 15.3. The first-order chi connectivity index (χ1) is 7.89. The van der Waals surface area contributed by atoms with Crippen molar-refractivity contribution in [2.45, 2.75) is 60.2 Å². The van der Waals surface area contributed by atoms with Gasteiger partial charge in [-0.1, -0.05) is 34.6 Å². The van der Waals surface area contributed by atoms with Crippen LogP contribution in [0.15, 0.2) is 12.4 Å². The lowest BCUT2D eigenvalue weighted by atomic mass is 10.0. The van der Waals surface area contributed by atoms with Crippen molar-refractivity contribution in [3.8, 4) is 0 Å². The highest BCUT2D eigenvalue weighted by Gasteiger charge is 2.64. The van der Waals surface area contributed by atoms with Gasteiger partial charge in [-0.05, 0) is 17.3 Å². The Morgan fingerprint density at radius 3 is 2.47 bits per heavy atom. The van der Waals surface area contributed by atoms with Crippen molar-refractivity contribution in [1.29, 1.82) is 0 Å². The summed E-state index contributed by atoms with van der Waals surface area (Å²) in [6.07, 6.45) is 5.27. The van der Waals surface area contributed by atoms with Gasteiger partial charge in [0.05, 0.1) is 6.20 Å². The van der Waals surface area contributed by atoms with Crippen molar-refractivity contribution in [1.82, 2.24) is 15.1 Å². The molecule has 0 unspecified atom stereocenters. The van der Waals surface area contributed by atoms with E-state index in [2.05, 4.69) is 51.2 Å². The molecule has 0 radical (unpaired) electrons. The number of aryl methyl sites for hydroxylation is 1. The number of rotatable bonds is 5. The van der Waals surface area contributed by atoms with Gasteiger partial charge in [-0.25, -0.2) is 0 Å². The monoisotopic (exact) mass is 235 g/mol. The fourth-order valence-corrected chi connectivity index (χ4v) is 2.78. The predicted octanol–water partition coefficient (Wildman–Crippen LogP) is 2.82. The van der Waals surface area contributed by atoms with Gasteiger partial charge in [0.1, 0.15) is 0 Å². The summed E-state index contributed by atoms with van der Waals surface area (Å²) in [4.78, 5) is 0. The maximum Gasteiger partial charge on any atom is 0.0534 e. The van der Waals surface area contributed by atoms with E-state index >= 15 is 0 Å². The van der Waals surface area contributed by atoms with E-state index in [1.807, 2.05) is 10.9 Å². The molecule has 3 nitrogen and oxygen atoms in total. The van der Waals surface area contributed by atoms with E-state index < -0.39 is 0 Å². The highest BCUT2D eigenvalue weighted by Crippen LogP contribution is 2.62. The topological polar surface area (TPSA) is 29.9 Å². The summed E-state index contributed by atoms with van der Waals surface area (Å²) in [5.41, 5.74) is 2.11. The van der Waals surface area contributed by atoms with Crippen molar-refractivity contribution in [3.05, 3.63) is 18.0 Å². The largest absolute Gasteiger partial charge is 0.309 e. The van der Waals surface area contributed by atoms with E-state index in [0.29, 0.717) is 16.9 Å². The molecule has 3 heteroatoms. The van der Waals surface area contributed by atoms with Gasteiger partial charge in [-0.3, -0.25) is 4.68 Å². The van der Waals surface area contributed by atoms with Gasteiger partial charge in [0.2, 0.25) is 0 Å². The van der Waals surface area contributed by atoms with Gasteiger partial charge in [0.25, 0.3) is 0 Å². The molecule has 1 heterocycles. The Morgan fingerprint density at radius 2 is 1.94 bits per heavy atom. The second-order valence-corrected chi connectivity index (χ2v) is 6.37. The van der Waals surface area contributed by atoms with Crippen LogP contribution in [0.4, 0.5) is 0 Å². The first-order valence-electron chi connectivity index (χ1n) is 6.64. The first kappa shape index (κ1) is 12.6. The molecule has 2 rings (SSSR count). The molecule has 1 aliphatic rings. The second kappa shape index (κ2) is 4.13. The van der Waals surface area contributed by atoms with Crippen LogP contribution in [0.25, 0.3) is 0 Å². The number of hydrogen-bond donors (Lipinski definition) is 1. The third-order valence-corrected chi connectivity index (χ3v) is 4.67. The molecule has 17 heavy (non-hydrogen) atoms. The second-order valence-electron chi connectivity index (χ2n) is 6.37. The van der Waals surface area contributed by atoms with E-state index in [-0.39, 0.29) is 0 Å². The zero-order valence-corrected chi connectivity index (χ0v) is 11.7. The quantitative estimate of drug-likeness (QED) is 0.850. The fraction of sp³-hybridized carbons (Fsp3) is 0.786.